The van der Waals surface area contributed by atoms with Crippen LogP contribution in [0, 0.1) is 5.92 Å². The Morgan fingerprint density at radius 2 is 2.00 bits per heavy atom. The third-order valence-corrected chi connectivity index (χ3v) is 2.08. The van der Waals surface area contributed by atoms with Gasteiger partial charge >= 0.3 is 0 Å². The first-order valence-electron chi connectivity index (χ1n) is 4.44. The summed E-state index contributed by atoms with van der Waals surface area (Å²) in [5, 5.41) is 9.23. The molecule has 0 aliphatic heterocycles. The van der Waals surface area contributed by atoms with Crippen molar-refractivity contribution in [3.8, 4) is 0 Å². The standard InChI is InChI=1S/C11H16O/c1-3-4-11(12)8-5-9(2)10-6-7-10/h3-5,8,10,12H,6-7H2,1-2H3/b4-3-,9-5+,11-8+. The predicted molar refractivity (Wildman–Crippen MR) is 52.0 cm³/mol. The van der Waals surface area contributed by atoms with E-state index in [-0.39, 0.29) is 0 Å². The van der Waals surface area contributed by atoms with Crippen LogP contribution < -0.4 is 0 Å². The lowest BCUT2D eigenvalue weighted by Gasteiger charge is -1.92. The second-order valence-electron chi connectivity index (χ2n) is 3.28. The third kappa shape index (κ3) is 2.95. The lowest BCUT2D eigenvalue weighted by atomic mass is 10.2. The van der Waals surface area contributed by atoms with Crippen molar-refractivity contribution in [3.05, 3.63) is 35.6 Å². The molecule has 0 aromatic heterocycles. The highest BCUT2D eigenvalue weighted by atomic mass is 16.3. The average Bonchev–Trinajstić information content (AvgIpc) is 2.83. The highest BCUT2D eigenvalue weighted by Gasteiger charge is 2.22. The SMILES string of the molecule is C\C=C/C(O)=C\C=C(/C)C1CC1. The molecule has 0 unspecified atom stereocenters. The van der Waals surface area contributed by atoms with Gasteiger partial charge in [-0.2, -0.15) is 0 Å². The zero-order valence-corrected chi connectivity index (χ0v) is 7.75. The Labute approximate surface area is 74.1 Å². The van der Waals surface area contributed by atoms with Crippen LogP contribution in [0.15, 0.2) is 35.6 Å². The molecular formula is C11H16O. The smallest absolute Gasteiger partial charge is 0.115 e. The van der Waals surface area contributed by atoms with Crippen molar-refractivity contribution in [1.29, 1.82) is 0 Å². The normalized spacial score (nSPS) is 20.5. The number of aliphatic hydroxyl groups excluding tert-OH is 1. The van der Waals surface area contributed by atoms with E-state index in [0.29, 0.717) is 5.76 Å². The molecule has 1 saturated carbocycles. The molecule has 0 aromatic rings. The minimum absolute atomic E-state index is 0.331. The number of hydrogen-bond donors (Lipinski definition) is 1. The second-order valence-corrected chi connectivity index (χ2v) is 3.28. The van der Waals surface area contributed by atoms with Gasteiger partial charge in [-0.05, 0) is 44.8 Å². The minimum atomic E-state index is 0.331. The van der Waals surface area contributed by atoms with Crippen LogP contribution in [-0.4, -0.2) is 5.11 Å². The largest absolute Gasteiger partial charge is 0.508 e. The predicted octanol–water partition coefficient (Wildman–Crippen LogP) is 3.36. The quantitative estimate of drug-likeness (QED) is 0.501. The zero-order valence-electron chi connectivity index (χ0n) is 7.75. The second kappa shape index (κ2) is 4.15. The van der Waals surface area contributed by atoms with E-state index >= 15 is 0 Å². The molecule has 0 radical (unpaired) electrons. The van der Waals surface area contributed by atoms with Crippen molar-refractivity contribution in [2.75, 3.05) is 0 Å². The lowest BCUT2D eigenvalue weighted by molar-refractivity contribution is 0.432. The Morgan fingerprint density at radius 1 is 1.33 bits per heavy atom. The van der Waals surface area contributed by atoms with E-state index in [4.69, 9.17) is 0 Å². The molecule has 1 rings (SSSR count). The molecule has 1 aliphatic carbocycles. The van der Waals surface area contributed by atoms with Crippen LogP contribution in [0.3, 0.4) is 0 Å². The summed E-state index contributed by atoms with van der Waals surface area (Å²) in [7, 11) is 0. The Bertz CT molecular complexity index is 229. The fourth-order valence-electron chi connectivity index (χ4n) is 1.12. The van der Waals surface area contributed by atoms with Crippen molar-refractivity contribution in [1.82, 2.24) is 0 Å². The maximum atomic E-state index is 9.23. The van der Waals surface area contributed by atoms with Gasteiger partial charge in [0.05, 0.1) is 0 Å². The molecule has 0 spiro atoms. The molecule has 12 heavy (non-hydrogen) atoms. The zero-order chi connectivity index (χ0) is 8.97. The summed E-state index contributed by atoms with van der Waals surface area (Å²) in [5.74, 6) is 1.12. The maximum Gasteiger partial charge on any atom is 0.115 e. The molecule has 0 atom stereocenters. The molecule has 66 valence electrons. The van der Waals surface area contributed by atoms with Crippen LogP contribution >= 0.6 is 0 Å². The Balaban J connectivity index is 2.49. The van der Waals surface area contributed by atoms with Crippen molar-refractivity contribution in [2.24, 2.45) is 5.92 Å². The summed E-state index contributed by atoms with van der Waals surface area (Å²) in [6.07, 6.45) is 9.92. The van der Waals surface area contributed by atoms with Crippen LogP contribution in [0.1, 0.15) is 26.7 Å². The van der Waals surface area contributed by atoms with Crippen LogP contribution in [0.25, 0.3) is 0 Å². The van der Waals surface area contributed by atoms with Gasteiger partial charge in [0.15, 0.2) is 0 Å². The molecule has 1 heteroatoms. The van der Waals surface area contributed by atoms with Crippen LogP contribution in [0.2, 0.25) is 0 Å². The fraction of sp³-hybridized carbons (Fsp3) is 0.455. The summed E-state index contributed by atoms with van der Waals surface area (Å²) < 4.78 is 0. The number of allylic oxidation sites excluding steroid dienone is 5. The molecule has 0 heterocycles. The monoisotopic (exact) mass is 164 g/mol. The van der Waals surface area contributed by atoms with Crippen LogP contribution in [0.4, 0.5) is 0 Å². The molecular weight excluding hydrogens is 148 g/mol. The van der Waals surface area contributed by atoms with E-state index in [1.807, 2.05) is 19.1 Å². The third-order valence-electron chi connectivity index (χ3n) is 2.08. The van der Waals surface area contributed by atoms with E-state index in [1.54, 1.807) is 12.2 Å². The number of hydrogen-bond acceptors (Lipinski definition) is 1. The van der Waals surface area contributed by atoms with Gasteiger partial charge in [0, 0.05) is 0 Å². The highest BCUT2D eigenvalue weighted by Crippen LogP contribution is 2.35. The minimum Gasteiger partial charge on any atom is -0.508 e. The van der Waals surface area contributed by atoms with E-state index in [0.717, 1.165) is 5.92 Å². The van der Waals surface area contributed by atoms with Crippen molar-refractivity contribution in [3.63, 3.8) is 0 Å². The van der Waals surface area contributed by atoms with Crippen molar-refractivity contribution in [2.45, 2.75) is 26.7 Å². The van der Waals surface area contributed by atoms with Gasteiger partial charge in [-0.3, -0.25) is 0 Å². The van der Waals surface area contributed by atoms with E-state index in [9.17, 15) is 5.11 Å². The first-order chi connectivity index (χ1) is 5.74. The first-order valence-corrected chi connectivity index (χ1v) is 4.44. The average molecular weight is 164 g/mol. The molecule has 1 N–H and O–H groups in total. The van der Waals surface area contributed by atoms with E-state index in [1.165, 1.54) is 18.4 Å². The Kier molecular flexibility index (Phi) is 3.15. The Hall–Kier alpha value is -0.980. The number of aliphatic hydroxyl groups is 1. The summed E-state index contributed by atoms with van der Waals surface area (Å²) in [4.78, 5) is 0. The fourth-order valence-corrected chi connectivity index (χ4v) is 1.12. The lowest BCUT2D eigenvalue weighted by Crippen LogP contribution is -1.77. The molecule has 1 nitrogen and oxygen atoms in total. The molecule has 1 aliphatic rings. The Morgan fingerprint density at radius 3 is 2.50 bits per heavy atom. The van der Waals surface area contributed by atoms with Gasteiger partial charge in [0.25, 0.3) is 0 Å². The molecule has 0 amide bonds. The van der Waals surface area contributed by atoms with Crippen LogP contribution in [0.5, 0.6) is 0 Å². The summed E-state index contributed by atoms with van der Waals surface area (Å²) in [5.41, 5.74) is 1.38. The molecule has 0 bridgehead atoms. The van der Waals surface area contributed by atoms with Crippen LogP contribution in [-0.2, 0) is 0 Å². The maximum absolute atomic E-state index is 9.23. The van der Waals surface area contributed by atoms with Gasteiger partial charge in [0.1, 0.15) is 5.76 Å². The topological polar surface area (TPSA) is 20.2 Å². The summed E-state index contributed by atoms with van der Waals surface area (Å²) >= 11 is 0. The first kappa shape index (κ1) is 9.11. The van der Waals surface area contributed by atoms with Gasteiger partial charge in [-0.25, -0.2) is 0 Å². The highest BCUT2D eigenvalue weighted by molar-refractivity contribution is 5.22. The molecule has 1 fully saturated rings. The van der Waals surface area contributed by atoms with Gasteiger partial charge in [-0.15, -0.1) is 0 Å². The van der Waals surface area contributed by atoms with E-state index < -0.39 is 0 Å². The number of rotatable bonds is 3. The van der Waals surface area contributed by atoms with Gasteiger partial charge in [-0.1, -0.05) is 17.7 Å². The summed E-state index contributed by atoms with van der Waals surface area (Å²) in [6, 6.07) is 0. The van der Waals surface area contributed by atoms with Gasteiger partial charge in [0.2, 0.25) is 0 Å². The van der Waals surface area contributed by atoms with E-state index in [2.05, 4.69) is 6.92 Å². The van der Waals surface area contributed by atoms with Gasteiger partial charge < -0.3 is 5.11 Å². The van der Waals surface area contributed by atoms with Crippen molar-refractivity contribution >= 4 is 0 Å². The molecule has 0 saturated heterocycles. The molecule has 0 aromatic carbocycles. The summed E-state index contributed by atoms with van der Waals surface area (Å²) in [6.45, 7) is 4.01. The van der Waals surface area contributed by atoms with Crippen molar-refractivity contribution < 1.29 is 5.11 Å².